The van der Waals surface area contributed by atoms with Crippen LogP contribution in [0.1, 0.15) is 39.3 Å². The molecular weight excluding hydrogens is 248 g/mol. The molecule has 0 amide bonds. The van der Waals surface area contributed by atoms with Crippen molar-refractivity contribution in [1.82, 2.24) is 0 Å². The molecule has 2 aromatic carbocycles. The molecule has 2 nitrogen and oxygen atoms in total. The number of rotatable bonds is 3. The molecule has 0 bridgehead atoms. The number of carboxylic acid groups (broad SMARTS) is 1. The van der Waals surface area contributed by atoms with E-state index < -0.39 is 11.9 Å². The van der Waals surface area contributed by atoms with Crippen molar-refractivity contribution in [2.75, 3.05) is 0 Å². The summed E-state index contributed by atoms with van der Waals surface area (Å²) in [6.45, 7) is 7.91. The summed E-state index contributed by atoms with van der Waals surface area (Å²) < 4.78 is 0. The van der Waals surface area contributed by atoms with Crippen molar-refractivity contribution >= 4 is 5.97 Å². The van der Waals surface area contributed by atoms with Crippen LogP contribution in [0.3, 0.4) is 0 Å². The summed E-state index contributed by atoms with van der Waals surface area (Å²) in [5, 5.41) is 9.78. The molecule has 0 fully saturated rings. The summed E-state index contributed by atoms with van der Waals surface area (Å²) in [4.78, 5) is 11.9. The maximum absolute atomic E-state index is 11.9. The molecule has 0 heterocycles. The lowest BCUT2D eigenvalue weighted by atomic mass is 9.82. The topological polar surface area (TPSA) is 37.3 Å². The van der Waals surface area contributed by atoms with Crippen LogP contribution in [0.15, 0.2) is 36.4 Å². The lowest BCUT2D eigenvalue weighted by molar-refractivity contribution is -0.137. The Morgan fingerprint density at radius 3 is 1.35 bits per heavy atom. The molecule has 0 saturated carbocycles. The molecule has 0 unspecified atom stereocenters. The minimum absolute atomic E-state index is 0.600. The van der Waals surface area contributed by atoms with Gasteiger partial charge in [0.15, 0.2) is 0 Å². The van der Waals surface area contributed by atoms with Gasteiger partial charge in [-0.1, -0.05) is 36.4 Å². The van der Waals surface area contributed by atoms with E-state index in [1.54, 1.807) is 0 Å². The Morgan fingerprint density at radius 1 is 0.800 bits per heavy atom. The molecule has 0 saturated heterocycles. The monoisotopic (exact) mass is 268 g/mol. The number of carbonyl (C=O) groups is 1. The molecule has 104 valence electrons. The normalized spacial score (nSPS) is 10.8. The van der Waals surface area contributed by atoms with Crippen LogP contribution >= 0.6 is 0 Å². The third kappa shape index (κ3) is 2.46. The van der Waals surface area contributed by atoms with Gasteiger partial charge in [0.2, 0.25) is 0 Å². The average molecular weight is 268 g/mol. The van der Waals surface area contributed by atoms with E-state index in [1.807, 2.05) is 64.1 Å². The Balaban J connectivity index is 2.73. The van der Waals surface area contributed by atoms with Crippen molar-refractivity contribution in [3.05, 3.63) is 69.8 Å². The van der Waals surface area contributed by atoms with Crippen molar-refractivity contribution in [3.8, 4) is 0 Å². The highest BCUT2D eigenvalue weighted by molar-refractivity contribution is 5.82. The smallest absolute Gasteiger partial charge is 0.315 e. The van der Waals surface area contributed by atoms with Gasteiger partial charge in [0.1, 0.15) is 5.92 Å². The molecule has 0 aliphatic rings. The first kappa shape index (κ1) is 14.3. The molecule has 0 atom stereocenters. The van der Waals surface area contributed by atoms with E-state index in [2.05, 4.69) is 0 Å². The van der Waals surface area contributed by atoms with Crippen LogP contribution in [0.4, 0.5) is 0 Å². The molecule has 0 aromatic heterocycles. The zero-order valence-corrected chi connectivity index (χ0v) is 12.4. The first-order chi connectivity index (χ1) is 9.43. The molecule has 0 aliphatic carbocycles. The van der Waals surface area contributed by atoms with Crippen LogP contribution in [0.5, 0.6) is 0 Å². The summed E-state index contributed by atoms with van der Waals surface area (Å²) in [7, 11) is 0. The molecule has 2 rings (SSSR count). The molecule has 1 N–H and O–H groups in total. The van der Waals surface area contributed by atoms with Crippen molar-refractivity contribution in [2.45, 2.75) is 33.6 Å². The summed E-state index contributed by atoms with van der Waals surface area (Å²) in [6, 6.07) is 11.9. The summed E-state index contributed by atoms with van der Waals surface area (Å²) >= 11 is 0. The van der Waals surface area contributed by atoms with Gasteiger partial charge in [-0.3, -0.25) is 4.79 Å². The molecule has 0 radical (unpaired) electrons. The van der Waals surface area contributed by atoms with E-state index in [9.17, 15) is 9.90 Å². The number of carboxylic acids is 1. The maximum atomic E-state index is 11.9. The Hall–Kier alpha value is -2.09. The molecule has 20 heavy (non-hydrogen) atoms. The van der Waals surface area contributed by atoms with Gasteiger partial charge in [-0.2, -0.15) is 0 Å². The second-order valence-corrected chi connectivity index (χ2v) is 5.38. The predicted molar refractivity (Wildman–Crippen MR) is 81.3 cm³/mol. The first-order valence-corrected chi connectivity index (χ1v) is 6.78. The third-order valence-electron chi connectivity index (χ3n) is 3.91. The molecule has 0 spiro atoms. The predicted octanol–water partition coefficient (Wildman–Crippen LogP) is 4.14. The Bertz CT molecular complexity index is 564. The SMILES string of the molecule is Cc1cccc(C)c1C(C(=O)O)c1c(C)cccc1C. The third-order valence-corrected chi connectivity index (χ3v) is 3.91. The lowest BCUT2D eigenvalue weighted by Gasteiger charge is -2.22. The number of aryl methyl sites for hydroxylation is 4. The van der Waals surface area contributed by atoms with Crippen LogP contribution in [-0.4, -0.2) is 11.1 Å². The van der Waals surface area contributed by atoms with Crippen LogP contribution in [0, 0.1) is 27.7 Å². The number of aliphatic carboxylic acids is 1. The first-order valence-electron chi connectivity index (χ1n) is 6.78. The Labute approximate surface area is 120 Å². The van der Waals surface area contributed by atoms with E-state index in [0.717, 1.165) is 33.4 Å². The molecule has 0 aliphatic heterocycles. The number of hydrogen-bond acceptors (Lipinski definition) is 1. The Kier molecular flexibility index (Phi) is 3.93. The quantitative estimate of drug-likeness (QED) is 0.908. The van der Waals surface area contributed by atoms with Crippen molar-refractivity contribution in [2.24, 2.45) is 0 Å². The fraction of sp³-hybridized carbons (Fsp3) is 0.278. The zero-order chi connectivity index (χ0) is 14.9. The minimum atomic E-state index is -0.792. The fourth-order valence-corrected chi connectivity index (χ4v) is 2.96. The van der Waals surface area contributed by atoms with Crippen LogP contribution in [0.2, 0.25) is 0 Å². The summed E-state index contributed by atoms with van der Waals surface area (Å²) in [5.74, 6) is -1.39. The second-order valence-electron chi connectivity index (χ2n) is 5.38. The van der Waals surface area contributed by atoms with Gasteiger partial charge in [-0.15, -0.1) is 0 Å². The van der Waals surface area contributed by atoms with Gasteiger partial charge in [0.05, 0.1) is 0 Å². The Morgan fingerprint density at radius 2 is 1.10 bits per heavy atom. The van der Waals surface area contributed by atoms with Crippen molar-refractivity contribution < 1.29 is 9.90 Å². The average Bonchev–Trinajstić information content (AvgIpc) is 2.35. The van der Waals surface area contributed by atoms with Gasteiger partial charge < -0.3 is 5.11 Å². The highest BCUT2D eigenvalue weighted by atomic mass is 16.4. The van der Waals surface area contributed by atoms with E-state index in [0.29, 0.717) is 0 Å². The van der Waals surface area contributed by atoms with Gasteiger partial charge in [0, 0.05) is 0 Å². The second kappa shape index (κ2) is 5.49. The van der Waals surface area contributed by atoms with E-state index >= 15 is 0 Å². The highest BCUT2D eigenvalue weighted by Crippen LogP contribution is 2.33. The van der Waals surface area contributed by atoms with Crippen molar-refractivity contribution in [3.63, 3.8) is 0 Å². The zero-order valence-electron chi connectivity index (χ0n) is 12.4. The standard InChI is InChI=1S/C18H20O2/c1-11-7-5-8-12(2)15(11)17(18(19)20)16-13(3)9-6-10-14(16)4/h5-10,17H,1-4H3,(H,19,20). The summed E-state index contributed by atoms with van der Waals surface area (Å²) in [5.41, 5.74) is 5.94. The van der Waals surface area contributed by atoms with Crippen molar-refractivity contribution in [1.29, 1.82) is 0 Å². The maximum Gasteiger partial charge on any atom is 0.315 e. The largest absolute Gasteiger partial charge is 0.481 e. The van der Waals surface area contributed by atoms with E-state index in [1.165, 1.54) is 0 Å². The van der Waals surface area contributed by atoms with Gasteiger partial charge in [-0.25, -0.2) is 0 Å². The van der Waals surface area contributed by atoms with E-state index in [-0.39, 0.29) is 0 Å². The highest BCUT2D eigenvalue weighted by Gasteiger charge is 2.27. The van der Waals surface area contributed by atoms with Crippen LogP contribution in [-0.2, 0) is 4.79 Å². The van der Waals surface area contributed by atoms with E-state index in [4.69, 9.17) is 0 Å². The number of hydrogen-bond donors (Lipinski definition) is 1. The van der Waals surface area contributed by atoms with Gasteiger partial charge >= 0.3 is 5.97 Å². The van der Waals surface area contributed by atoms with Crippen LogP contribution < -0.4 is 0 Å². The number of benzene rings is 2. The summed E-state index contributed by atoms with van der Waals surface area (Å²) in [6.07, 6.45) is 0. The van der Waals surface area contributed by atoms with Gasteiger partial charge in [-0.05, 0) is 61.1 Å². The van der Waals surface area contributed by atoms with Crippen LogP contribution in [0.25, 0.3) is 0 Å². The lowest BCUT2D eigenvalue weighted by Crippen LogP contribution is -2.18. The minimum Gasteiger partial charge on any atom is -0.481 e. The molecular formula is C18H20O2. The fourth-order valence-electron chi connectivity index (χ4n) is 2.96. The molecule has 2 heteroatoms. The van der Waals surface area contributed by atoms with Gasteiger partial charge in [0.25, 0.3) is 0 Å². The molecule has 2 aromatic rings.